The Hall–Kier alpha value is -3.00. The van der Waals surface area contributed by atoms with E-state index in [1.165, 1.54) is 17.3 Å². The number of benzene rings is 2. The first kappa shape index (κ1) is 19.3. The van der Waals surface area contributed by atoms with Gasteiger partial charge >= 0.3 is 0 Å². The molecule has 1 aliphatic heterocycles. The van der Waals surface area contributed by atoms with Gasteiger partial charge < -0.3 is 14.8 Å². The molecule has 2 aromatic carbocycles. The maximum atomic E-state index is 12.5. The topological polar surface area (TPSA) is 78.3 Å². The maximum Gasteiger partial charge on any atom is 0.234 e. The number of carbonyl (C=O) groups excluding carboxylic acids is 1. The lowest BCUT2D eigenvalue weighted by molar-refractivity contribution is -0.113. The highest BCUT2D eigenvalue weighted by atomic mass is 32.2. The van der Waals surface area contributed by atoms with Crippen molar-refractivity contribution in [2.45, 2.75) is 25.4 Å². The number of carbonyl (C=O) groups is 1. The standard InChI is InChI=1S/C21H22N4O3S/c1-14-4-7-17(8-5-14)25-15(2)23-24-21(25)29-13-20(26)22-16-6-9-18-19(12-16)28-11-3-10-27-18/h4-9,12H,3,10-11,13H2,1-2H3,(H,22,26). The molecule has 2 heterocycles. The molecule has 0 bridgehead atoms. The van der Waals surface area contributed by atoms with Crippen LogP contribution in [0.25, 0.3) is 5.69 Å². The third kappa shape index (κ3) is 4.54. The molecule has 1 N–H and O–H groups in total. The number of aryl methyl sites for hydroxylation is 2. The van der Waals surface area contributed by atoms with Crippen molar-refractivity contribution in [3.63, 3.8) is 0 Å². The average Bonchev–Trinajstić information content (AvgIpc) is 2.93. The number of nitrogens with one attached hydrogen (secondary N) is 1. The second-order valence-electron chi connectivity index (χ2n) is 6.75. The van der Waals surface area contributed by atoms with Crippen LogP contribution in [0.1, 0.15) is 17.8 Å². The van der Waals surface area contributed by atoms with Crippen molar-refractivity contribution in [3.8, 4) is 17.2 Å². The Morgan fingerprint density at radius 1 is 1.07 bits per heavy atom. The molecule has 0 fully saturated rings. The van der Waals surface area contributed by atoms with E-state index in [9.17, 15) is 4.79 Å². The van der Waals surface area contributed by atoms with Crippen molar-refractivity contribution >= 4 is 23.4 Å². The predicted octanol–water partition coefficient (Wildman–Crippen LogP) is 3.78. The lowest BCUT2D eigenvalue weighted by Gasteiger charge is -2.11. The van der Waals surface area contributed by atoms with E-state index in [0.29, 0.717) is 35.6 Å². The molecule has 0 saturated carbocycles. The number of anilines is 1. The second-order valence-corrected chi connectivity index (χ2v) is 7.69. The Morgan fingerprint density at radius 2 is 1.83 bits per heavy atom. The minimum atomic E-state index is -0.124. The fourth-order valence-electron chi connectivity index (χ4n) is 3.00. The first-order valence-electron chi connectivity index (χ1n) is 9.41. The van der Waals surface area contributed by atoms with Crippen LogP contribution in [-0.4, -0.2) is 39.6 Å². The Balaban J connectivity index is 1.42. The van der Waals surface area contributed by atoms with E-state index in [4.69, 9.17) is 9.47 Å². The van der Waals surface area contributed by atoms with Crippen LogP contribution in [0.4, 0.5) is 5.69 Å². The summed E-state index contributed by atoms with van der Waals surface area (Å²) in [5, 5.41) is 12.0. The summed E-state index contributed by atoms with van der Waals surface area (Å²) in [4.78, 5) is 12.5. The Bertz CT molecular complexity index is 1020. The van der Waals surface area contributed by atoms with Crippen LogP contribution < -0.4 is 14.8 Å². The zero-order valence-corrected chi connectivity index (χ0v) is 17.2. The van der Waals surface area contributed by atoms with Crippen LogP contribution in [0, 0.1) is 13.8 Å². The van der Waals surface area contributed by atoms with E-state index in [-0.39, 0.29) is 11.7 Å². The minimum Gasteiger partial charge on any atom is -0.490 e. The molecule has 8 heteroatoms. The predicted molar refractivity (Wildman–Crippen MR) is 112 cm³/mol. The summed E-state index contributed by atoms with van der Waals surface area (Å²) in [7, 11) is 0. The molecule has 150 valence electrons. The van der Waals surface area contributed by atoms with Gasteiger partial charge in [-0.15, -0.1) is 10.2 Å². The van der Waals surface area contributed by atoms with Crippen LogP contribution in [-0.2, 0) is 4.79 Å². The summed E-state index contributed by atoms with van der Waals surface area (Å²) in [6, 6.07) is 13.6. The molecule has 1 aliphatic rings. The summed E-state index contributed by atoms with van der Waals surface area (Å²) >= 11 is 1.35. The van der Waals surface area contributed by atoms with E-state index in [0.717, 1.165) is 17.9 Å². The van der Waals surface area contributed by atoms with Gasteiger partial charge in [0, 0.05) is 23.9 Å². The van der Waals surface area contributed by atoms with E-state index in [1.54, 1.807) is 6.07 Å². The molecule has 1 amide bonds. The van der Waals surface area contributed by atoms with E-state index < -0.39 is 0 Å². The summed E-state index contributed by atoms with van der Waals surface area (Å²) in [5.41, 5.74) is 2.84. The van der Waals surface area contributed by atoms with Crippen molar-refractivity contribution in [1.29, 1.82) is 0 Å². The third-order valence-electron chi connectivity index (χ3n) is 4.45. The van der Waals surface area contributed by atoms with Gasteiger partial charge in [-0.1, -0.05) is 29.5 Å². The summed E-state index contributed by atoms with van der Waals surface area (Å²) in [6.45, 7) is 5.18. The van der Waals surface area contributed by atoms with Gasteiger partial charge in [-0.2, -0.15) is 0 Å². The van der Waals surface area contributed by atoms with Gasteiger partial charge in [-0.25, -0.2) is 0 Å². The summed E-state index contributed by atoms with van der Waals surface area (Å²) < 4.78 is 13.2. The largest absolute Gasteiger partial charge is 0.490 e. The first-order valence-corrected chi connectivity index (χ1v) is 10.4. The highest BCUT2D eigenvalue weighted by molar-refractivity contribution is 7.99. The highest BCUT2D eigenvalue weighted by Crippen LogP contribution is 2.32. The average molecular weight is 410 g/mol. The molecular formula is C21H22N4O3S. The number of ether oxygens (including phenoxy) is 2. The zero-order valence-electron chi connectivity index (χ0n) is 16.3. The molecule has 0 aliphatic carbocycles. The maximum absolute atomic E-state index is 12.5. The first-order chi connectivity index (χ1) is 14.1. The van der Waals surface area contributed by atoms with Gasteiger partial charge in [0.1, 0.15) is 5.82 Å². The summed E-state index contributed by atoms with van der Waals surface area (Å²) in [6.07, 6.45) is 0.841. The Morgan fingerprint density at radius 3 is 2.62 bits per heavy atom. The van der Waals surface area contributed by atoms with E-state index in [1.807, 2.05) is 54.8 Å². The number of fused-ring (bicyclic) bond motifs is 1. The van der Waals surface area contributed by atoms with Gasteiger partial charge in [-0.3, -0.25) is 9.36 Å². The molecule has 0 unspecified atom stereocenters. The molecule has 3 aromatic rings. The van der Waals surface area contributed by atoms with Crippen molar-refractivity contribution < 1.29 is 14.3 Å². The molecule has 0 spiro atoms. The number of hydrogen-bond acceptors (Lipinski definition) is 6. The van der Waals surface area contributed by atoms with Gasteiger partial charge in [0.25, 0.3) is 0 Å². The Labute approximate surface area is 173 Å². The number of nitrogens with zero attached hydrogens (tertiary/aromatic N) is 3. The van der Waals surface area contributed by atoms with E-state index >= 15 is 0 Å². The number of amides is 1. The Kier molecular flexibility index (Phi) is 5.71. The summed E-state index contributed by atoms with van der Waals surface area (Å²) in [5.74, 6) is 2.23. The van der Waals surface area contributed by atoms with Crippen molar-refractivity contribution in [1.82, 2.24) is 14.8 Å². The molecule has 0 saturated heterocycles. The molecule has 0 radical (unpaired) electrons. The van der Waals surface area contributed by atoms with Gasteiger partial charge in [0.05, 0.1) is 19.0 Å². The molecule has 7 nitrogen and oxygen atoms in total. The molecule has 0 atom stereocenters. The molecular weight excluding hydrogens is 388 g/mol. The van der Waals surface area contributed by atoms with Gasteiger partial charge in [0.15, 0.2) is 16.7 Å². The second kappa shape index (κ2) is 8.57. The molecule has 29 heavy (non-hydrogen) atoms. The lowest BCUT2D eigenvalue weighted by Crippen LogP contribution is -2.14. The zero-order chi connectivity index (χ0) is 20.2. The molecule has 4 rings (SSSR count). The lowest BCUT2D eigenvalue weighted by atomic mass is 10.2. The number of aromatic nitrogens is 3. The smallest absolute Gasteiger partial charge is 0.234 e. The third-order valence-corrected chi connectivity index (χ3v) is 5.38. The van der Waals surface area contributed by atoms with Crippen LogP contribution in [0.3, 0.4) is 0 Å². The van der Waals surface area contributed by atoms with E-state index in [2.05, 4.69) is 15.5 Å². The van der Waals surface area contributed by atoms with Gasteiger partial charge in [0.2, 0.25) is 5.91 Å². The van der Waals surface area contributed by atoms with Crippen LogP contribution >= 0.6 is 11.8 Å². The number of hydrogen-bond donors (Lipinski definition) is 1. The monoisotopic (exact) mass is 410 g/mol. The van der Waals surface area contributed by atoms with Crippen molar-refractivity contribution in [2.24, 2.45) is 0 Å². The number of thioether (sulfide) groups is 1. The molecule has 1 aromatic heterocycles. The van der Waals surface area contributed by atoms with Crippen molar-refractivity contribution in [2.75, 3.05) is 24.3 Å². The van der Waals surface area contributed by atoms with Crippen LogP contribution in [0.2, 0.25) is 0 Å². The van der Waals surface area contributed by atoms with Crippen LogP contribution in [0.15, 0.2) is 47.6 Å². The fourth-order valence-corrected chi connectivity index (χ4v) is 3.79. The minimum absolute atomic E-state index is 0.124. The normalized spacial score (nSPS) is 13.0. The number of rotatable bonds is 5. The SMILES string of the molecule is Cc1ccc(-n2c(C)nnc2SCC(=O)Nc2ccc3c(c2)OCCCO3)cc1. The quantitative estimate of drug-likeness (QED) is 0.645. The highest BCUT2D eigenvalue weighted by Gasteiger charge is 2.15. The van der Waals surface area contributed by atoms with Gasteiger partial charge in [-0.05, 0) is 38.1 Å². The fraction of sp³-hybridized carbons (Fsp3) is 0.286. The van der Waals surface area contributed by atoms with Crippen LogP contribution in [0.5, 0.6) is 11.5 Å². The van der Waals surface area contributed by atoms with Crippen molar-refractivity contribution in [3.05, 3.63) is 53.9 Å².